The van der Waals surface area contributed by atoms with E-state index in [-0.39, 0.29) is 41.4 Å². The highest BCUT2D eigenvalue weighted by atomic mass is 19.1. The number of nitriles is 1. The maximum absolute atomic E-state index is 15.6. The largest absolute Gasteiger partial charge is 0.457 e. The van der Waals surface area contributed by atoms with Crippen molar-refractivity contribution < 1.29 is 18.7 Å². The number of piperazine rings is 1. The Morgan fingerprint density at radius 1 is 1.17 bits per heavy atom. The molecule has 236 valence electrons. The number of hydrogen-bond acceptors (Lipinski definition) is 8. The van der Waals surface area contributed by atoms with Crippen molar-refractivity contribution in [2.75, 3.05) is 38.5 Å². The molecule has 2 aliphatic heterocycles. The van der Waals surface area contributed by atoms with Crippen LogP contribution in [0.3, 0.4) is 0 Å². The van der Waals surface area contributed by atoms with Crippen LogP contribution in [0.1, 0.15) is 32.7 Å². The van der Waals surface area contributed by atoms with E-state index in [4.69, 9.17) is 15.6 Å². The van der Waals surface area contributed by atoms with Crippen molar-refractivity contribution in [2.45, 2.75) is 38.3 Å². The summed E-state index contributed by atoms with van der Waals surface area (Å²) in [5.74, 6) is 0.160. The Morgan fingerprint density at radius 3 is 2.72 bits per heavy atom. The number of likely N-dealkylation sites (tertiary alicyclic amines) is 1. The lowest BCUT2D eigenvalue weighted by atomic mass is 9.96. The normalized spacial score (nSPS) is 17.9. The predicted molar refractivity (Wildman–Crippen MR) is 171 cm³/mol. The van der Waals surface area contributed by atoms with Crippen molar-refractivity contribution in [3.8, 4) is 28.8 Å². The molecular formula is C34H35FN8O3. The van der Waals surface area contributed by atoms with E-state index < -0.39 is 11.4 Å². The summed E-state index contributed by atoms with van der Waals surface area (Å²) in [6.45, 7) is 5.88. The zero-order chi connectivity index (χ0) is 32.4. The average molecular weight is 623 g/mol. The maximum atomic E-state index is 15.6. The van der Waals surface area contributed by atoms with Gasteiger partial charge in [0, 0.05) is 49.5 Å². The third kappa shape index (κ3) is 6.14. The highest BCUT2D eigenvalue weighted by molar-refractivity contribution is 6.00. The third-order valence-electron chi connectivity index (χ3n) is 8.56. The molecule has 0 radical (unpaired) electrons. The molecule has 6 rings (SSSR count). The van der Waals surface area contributed by atoms with Crippen LogP contribution in [0.5, 0.6) is 11.5 Å². The molecule has 2 aromatic carbocycles. The molecule has 3 N–H and O–H groups in total. The number of para-hydroxylation sites is 1. The van der Waals surface area contributed by atoms with Crippen molar-refractivity contribution in [3.63, 3.8) is 0 Å². The van der Waals surface area contributed by atoms with Crippen molar-refractivity contribution in [1.29, 1.82) is 5.26 Å². The highest BCUT2D eigenvalue weighted by Gasteiger charge is 2.33. The number of aromatic nitrogens is 3. The number of nitrogens with two attached hydrogens (primary N) is 1. The Balaban J connectivity index is 1.28. The average Bonchev–Trinajstić information content (AvgIpc) is 3.45. The summed E-state index contributed by atoms with van der Waals surface area (Å²) in [5, 5.41) is 18.2. The van der Waals surface area contributed by atoms with Gasteiger partial charge in [-0.2, -0.15) is 10.4 Å². The molecule has 0 aliphatic carbocycles. The number of rotatable bonds is 7. The Hall–Kier alpha value is -5.28. The number of amides is 2. The number of anilines is 1. The van der Waals surface area contributed by atoms with Crippen molar-refractivity contribution in [3.05, 3.63) is 78.3 Å². The quantitative estimate of drug-likeness (QED) is 0.228. The van der Waals surface area contributed by atoms with Gasteiger partial charge in [-0.05, 0) is 63.1 Å². The van der Waals surface area contributed by atoms with Crippen LogP contribution in [0, 0.1) is 17.1 Å². The number of carbonyl (C=O) groups excluding carboxylic acids is 2. The number of fused-ring (bicyclic) bond motifs is 1. The lowest BCUT2D eigenvalue weighted by Gasteiger charge is -2.39. The number of carbonyl (C=O) groups is 2. The standard InChI is InChI=1S/C34H35FN8O3/c1-34(2,42-16-14-38-29(44)21-42)18-22(19-36)33(45)41-15-6-7-23(20-41)43-28-12-13-39-32(37)30(28)31(40-43)26-11-10-25(17-27(26)35)46-24-8-4-3-5-9-24/h3-5,8-13,17-18,23H,6-7,14-16,20-21H2,1-2H3,(H2,37,39)(H,38,44)/t23-/m1/s1. The smallest absolute Gasteiger partial charge is 0.264 e. The molecule has 0 bridgehead atoms. The number of pyridine rings is 1. The van der Waals surface area contributed by atoms with E-state index in [1.165, 1.54) is 6.07 Å². The second kappa shape index (κ2) is 12.6. The fourth-order valence-electron chi connectivity index (χ4n) is 6.18. The number of ether oxygens (including phenoxy) is 1. The first-order chi connectivity index (χ1) is 22.1. The van der Waals surface area contributed by atoms with Crippen LogP contribution >= 0.6 is 0 Å². The highest BCUT2D eigenvalue weighted by Crippen LogP contribution is 2.37. The van der Waals surface area contributed by atoms with Gasteiger partial charge in [0.25, 0.3) is 5.91 Å². The molecule has 0 unspecified atom stereocenters. The monoisotopic (exact) mass is 622 g/mol. The van der Waals surface area contributed by atoms with E-state index >= 15 is 4.39 Å². The van der Waals surface area contributed by atoms with Gasteiger partial charge in [-0.3, -0.25) is 19.2 Å². The van der Waals surface area contributed by atoms with Gasteiger partial charge in [-0.15, -0.1) is 0 Å². The first-order valence-electron chi connectivity index (χ1n) is 15.2. The van der Waals surface area contributed by atoms with E-state index in [1.54, 1.807) is 52.2 Å². The maximum Gasteiger partial charge on any atom is 0.264 e. The van der Waals surface area contributed by atoms with Gasteiger partial charge in [0.2, 0.25) is 5.91 Å². The fraction of sp³-hybridized carbons (Fsp3) is 0.324. The number of benzene rings is 2. The van der Waals surface area contributed by atoms with Crippen LogP contribution in [0.15, 0.2) is 72.4 Å². The summed E-state index contributed by atoms with van der Waals surface area (Å²) in [6, 6.07) is 17.3. The lowest BCUT2D eigenvalue weighted by Crippen LogP contribution is -2.55. The number of hydrogen-bond donors (Lipinski definition) is 2. The minimum absolute atomic E-state index is 0.0240. The predicted octanol–water partition coefficient (Wildman–Crippen LogP) is 4.44. The Morgan fingerprint density at radius 2 is 1.98 bits per heavy atom. The van der Waals surface area contributed by atoms with E-state index in [0.29, 0.717) is 67.1 Å². The van der Waals surface area contributed by atoms with Crippen LogP contribution in [-0.4, -0.2) is 74.6 Å². The third-order valence-corrected chi connectivity index (χ3v) is 8.56. The Labute approximate surface area is 266 Å². The molecule has 0 saturated carbocycles. The van der Waals surface area contributed by atoms with Gasteiger partial charge < -0.3 is 20.7 Å². The van der Waals surface area contributed by atoms with Gasteiger partial charge >= 0.3 is 0 Å². The molecule has 4 heterocycles. The lowest BCUT2D eigenvalue weighted by molar-refractivity contribution is -0.128. The van der Waals surface area contributed by atoms with Crippen molar-refractivity contribution in [1.82, 2.24) is 29.9 Å². The SMILES string of the molecule is CC(C)(C=C(C#N)C(=O)N1CCC[C@@H](n2nc(-c3ccc(Oc4ccccc4)cc3F)c3c(N)nccc32)C1)N1CCNC(=O)C1. The molecule has 2 amide bonds. The summed E-state index contributed by atoms with van der Waals surface area (Å²) in [4.78, 5) is 33.5. The molecule has 0 spiro atoms. The van der Waals surface area contributed by atoms with Gasteiger partial charge in [0.05, 0.1) is 23.5 Å². The molecular weight excluding hydrogens is 587 g/mol. The van der Waals surface area contributed by atoms with Crippen molar-refractivity contribution in [2.24, 2.45) is 0 Å². The van der Waals surface area contributed by atoms with Crippen LogP contribution in [0.25, 0.3) is 22.2 Å². The molecule has 2 aliphatic rings. The molecule has 1 atom stereocenters. The molecule has 46 heavy (non-hydrogen) atoms. The Kier molecular flexibility index (Phi) is 8.42. The molecule has 12 heteroatoms. The van der Waals surface area contributed by atoms with E-state index in [2.05, 4.69) is 16.4 Å². The van der Waals surface area contributed by atoms with Gasteiger partial charge in [0.15, 0.2) is 0 Å². The minimum atomic E-state index is -0.683. The van der Waals surface area contributed by atoms with Crippen LogP contribution in [0.4, 0.5) is 10.2 Å². The van der Waals surface area contributed by atoms with Crippen LogP contribution < -0.4 is 15.8 Å². The molecule has 4 aromatic rings. The topological polar surface area (TPSA) is 142 Å². The van der Waals surface area contributed by atoms with Gasteiger partial charge in [-0.1, -0.05) is 18.2 Å². The number of nitrogen functional groups attached to an aromatic ring is 1. The summed E-state index contributed by atoms with van der Waals surface area (Å²) < 4.78 is 23.2. The number of nitrogens with one attached hydrogen (secondary N) is 1. The van der Waals surface area contributed by atoms with Gasteiger partial charge in [0.1, 0.15) is 40.5 Å². The molecule has 2 saturated heterocycles. The fourth-order valence-corrected chi connectivity index (χ4v) is 6.18. The number of nitrogens with zero attached hydrogens (tertiary/aromatic N) is 6. The molecule has 2 fully saturated rings. The number of piperidine rings is 1. The summed E-state index contributed by atoms with van der Waals surface area (Å²) >= 11 is 0. The minimum Gasteiger partial charge on any atom is -0.457 e. The zero-order valence-corrected chi connectivity index (χ0v) is 25.7. The Bertz CT molecular complexity index is 1860. The van der Waals surface area contributed by atoms with Gasteiger partial charge in [-0.25, -0.2) is 9.37 Å². The van der Waals surface area contributed by atoms with E-state index in [9.17, 15) is 14.9 Å². The second-order valence-electron chi connectivity index (χ2n) is 12.1. The number of halogens is 1. The molecule has 2 aromatic heterocycles. The van der Waals surface area contributed by atoms with E-state index in [1.807, 2.05) is 36.9 Å². The van der Waals surface area contributed by atoms with Crippen LogP contribution in [0.2, 0.25) is 0 Å². The zero-order valence-electron chi connectivity index (χ0n) is 25.7. The summed E-state index contributed by atoms with van der Waals surface area (Å²) in [5.41, 5.74) is 6.94. The summed E-state index contributed by atoms with van der Waals surface area (Å²) in [7, 11) is 0. The van der Waals surface area contributed by atoms with Crippen LogP contribution in [-0.2, 0) is 9.59 Å². The first kappa shape index (κ1) is 30.7. The molecule has 11 nitrogen and oxygen atoms in total. The summed E-state index contributed by atoms with van der Waals surface area (Å²) in [6.07, 6.45) is 4.63. The van der Waals surface area contributed by atoms with Crippen molar-refractivity contribution >= 4 is 28.5 Å². The first-order valence-corrected chi connectivity index (χ1v) is 15.2. The second-order valence-corrected chi connectivity index (χ2v) is 12.1. The van der Waals surface area contributed by atoms with E-state index in [0.717, 1.165) is 0 Å².